The van der Waals surface area contributed by atoms with Gasteiger partial charge in [-0.2, -0.15) is 5.10 Å². The fourth-order valence-corrected chi connectivity index (χ4v) is 6.92. The van der Waals surface area contributed by atoms with Gasteiger partial charge in [-0.1, -0.05) is 102 Å². The standard InChI is InChI=1S/C34H25N7O5S/c1-22-30(29(46-37-22)20-17-23-11-5-2-6-12-23)38-33-32(47-34(38)35-25-15-9-4-10-16-25)31(24-13-7-3-8-14-24)39(36-33)27-19-18-26(40(42)43)21-28(27)41(44)45/h2-21,31-32H,1H3/b20-17+,35-34?/t31-,32-/m1/s1. The summed E-state index contributed by atoms with van der Waals surface area (Å²) in [6.07, 6.45) is 3.76. The van der Waals surface area contributed by atoms with Crippen LogP contribution in [0.5, 0.6) is 0 Å². The highest BCUT2D eigenvalue weighted by Gasteiger charge is 2.51. The van der Waals surface area contributed by atoms with Gasteiger partial charge in [0.2, 0.25) is 0 Å². The average molecular weight is 644 g/mol. The van der Waals surface area contributed by atoms with Gasteiger partial charge >= 0.3 is 5.69 Å². The van der Waals surface area contributed by atoms with Crippen LogP contribution in [0.3, 0.4) is 0 Å². The zero-order valence-electron chi connectivity index (χ0n) is 24.8. The first-order valence-electron chi connectivity index (χ1n) is 14.5. The highest BCUT2D eigenvalue weighted by Crippen LogP contribution is 2.50. The maximum Gasteiger partial charge on any atom is 0.301 e. The van der Waals surface area contributed by atoms with Crippen LogP contribution < -0.4 is 9.91 Å². The number of fused-ring (bicyclic) bond motifs is 1. The molecule has 0 N–H and O–H groups in total. The number of aryl methyl sites for hydroxylation is 1. The summed E-state index contributed by atoms with van der Waals surface area (Å²) in [7, 11) is 0. The second-order valence-corrected chi connectivity index (χ2v) is 11.8. The fourth-order valence-electron chi connectivity index (χ4n) is 5.59. The summed E-state index contributed by atoms with van der Waals surface area (Å²) in [5.41, 5.74) is 3.10. The number of nitro groups is 2. The van der Waals surface area contributed by atoms with Crippen LogP contribution in [0.1, 0.15) is 28.6 Å². The Morgan fingerprint density at radius 2 is 1.55 bits per heavy atom. The number of hydrogen-bond acceptors (Lipinski definition) is 10. The Balaban J connectivity index is 1.42. The predicted molar refractivity (Wildman–Crippen MR) is 183 cm³/mol. The number of rotatable bonds is 8. The van der Waals surface area contributed by atoms with E-state index in [1.165, 1.54) is 23.9 Å². The molecule has 0 radical (unpaired) electrons. The van der Waals surface area contributed by atoms with Crippen LogP contribution in [0.25, 0.3) is 12.2 Å². The number of hydrogen-bond donors (Lipinski definition) is 0. The largest absolute Gasteiger partial charge is 0.354 e. The minimum Gasteiger partial charge on any atom is -0.354 e. The van der Waals surface area contributed by atoms with E-state index in [-0.39, 0.29) is 16.6 Å². The van der Waals surface area contributed by atoms with Gasteiger partial charge in [0, 0.05) is 6.07 Å². The molecule has 1 saturated heterocycles. The summed E-state index contributed by atoms with van der Waals surface area (Å²) in [5, 5.41) is 34.9. The van der Waals surface area contributed by atoms with Gasteiger partial charge in [-0.05, 0) is 42.3 Å². The third-order valence-electron chi connectivity index (χ3n) is 7.71. The van der Waals surface area contributed by atoms with Crippen LogP contribution in [-0.2, 0) is 0 Å². The summed E-state index contributed by atoms with van der Waals surface area (Å²) in [4.78, 5) is 29.4. The quantitative estimate of drug-likeness (QED) is 0.121. The highest BCUT2D eigenvalue weighted by atomic mass is 32.2. The number of benzene rings is 4. The Bertz CT molecular complexity index is 2070. The van der Waals surface area contributed by atoms with Crippen molar-refractivity contribution in [2.45, 2.75) is 18.2 Å². The second-order valence-electron chi connectivity index (χ2n) is 10.7. The number of para-hydroxylation sites is 1. The van der Waals surface area contributed by atoms with Crippen LogP contribution in [-0.4, -0.2) is 31.3 Å². The van der Waals surface area contributed by atoms with E-state index < -0.39 is 21.6 Å². The van der Waals surface area contributed by atoms with E-state index in [1.54, 1.807) is 5.01 Å². The summed E-state index contributed by atoms with van der Waals surface area (Å²) < 4.78 is 5.82. The molecular weight excluding hydrogens is 618 g/mol. The van der Waals surface area contributed by atoms with Crippen molar-refractivity contribution in [1.29, 1.82) is 0 Å². The summed E-state index contributed by atoms with van der Waals surface area (Å²) >= 11 is 1.47. The second kappa shape index (κ2) is 12.4. The van der Waals surface area contributed by atoms with Gasteiger partial charge in [0.1, 0.15) is 17.1 Å². The van der Waals surface area contributed by atoms with Gasteiger partial charge in [-0.3, -0.25) is 25.1 Å². The van der Waals surface area contributed by atoms with Crippen molar-refractivity contribution in [3.8, 4) is 0 Å². The zero-order valence-corrected chi connectivity index (χ0v) is 25.6. The highest BCUT2D eigenvalue weighted by molar-refractivity contribution is 8.16. The molecule has 0 spiro atoms. The Labute approximate surface area is 272 Å². The molecular formula is C34H25N7O5S. The smallest absolute Gasteiger partial charge is 0.301 e. The van der Waals surface area contributed by atoms with Crippen LogP contribution in [0.2, 0.25) is 0 Å². The van der Waals surface area contributed by atoms with Crippen molar-refractivity contribution in [2.75, 3.05) is 9.91 Å². The molecule has 3 heterocycles. The van der Waals surface area contributed by atoms with Gasteiger partial charge in [-0.15, -0.1) is 0 Å². The monoisotopic (exact) mass is 643 g/mol. The molecule has 47 heavy (non-hydrogen) atoms. The Morgan fingerprint density at radius 1 is 0.872 bits per heavy atom. The third-order valence-corrected chi connectivity index (χ3v) is 8.92. The summed E-state index contributed by atoms with van der Waals surface area (Å²) in [5.74, 6) is 1.04. The van der Waals surface area contributed by atoms with Crippen molar-refractivity contribution >= 4 is 63.4 Å². The maximum atomic E-state index is 12.3. The molecule has 0 unspecified atom stereocenters. The topological polar surface area (TPSA) is 144 Å². The van der Waals surface area contributed by atoms with E-state index in [0.717, 1.165) is 22.9 Å². The van der Waals surface area contributed by atoms with Crippen molar-refractivity contribution < 1.29 is 14.4 Å². The van der Waals surface area contributed by atoms with Crippen LogP contribution in [0.15, 0.2) is 124 Å². The molecule has 1 fully saturated rings. The molecule has 2 aliphatic rings. The lowest BCUT2D eigenvalue weighted by atomic mass is 10.0. The minimum absolute atomic E-state index is 0.129. The molecule has 0 bridgehead atoms. The molecule has 12 nitrogen and oxygen atoms in total. The van der Waals surface area contributed by atoms with Crippen LogP contribution in [0, 0.1) is 27.2 Å². The van der Waals surface area contributed by atoms with Gasteiger partial charge < -0.3 is 4.52 Å². The molecule has 4 aromatic carbocycles. The van der Waals surface area contributed by atoms with Gasteiger partial charge in [0.15, 0.2) is 16.8 Å². The number of thioether (sulfide) groups is 1. The van der Waals surface area contributed by atoms with E-state index in [2.05, 4.69) is 5.16 Å². The van der Waals surface area contributed by atoms with E-state index in [9.17, 15) is 20.2 Å². The molecule has 0 amide bonds. The van der Waals surface area contributed by atoms with Gasteiger partial charge in [0.25, 0.3) is 5.69 Å². The molecule has 5 aromatic rings. The minimum atomic E-state index is -0.654. The Hall–Kier alpha value is -6.08. The summed E-state index contributed by atoms with van der Waals surface area (Å²) in [6, 6.07) is 31.9. The van der Waals surface area contributed by atoms with E-state index in [1.807, 2.05) is 115 Å². The number of nitro benzene ring substituents is 2. The molecule has 2 atom stereocenters. The maximum absolute atomic E-state index is 12.3. The number of aliphatic imine (C=N–C) groups is 1. The summed E-state index contributed by atoms with van der Waals surface area (Å²) in [6.45, 7) is 1.83. The van der Waals surface area contributed by atoms with Crippen molar-refractivity contribution in [3.05, 3.63) is 152 Å². The van der Waals surface area contributed by atoms with Gasteiger partial charge in [0.05, 0.1) is 32.9 Å². The molecule has 13 heteroatoms. The van der Waals surface area contributed by atoms with Crippen LogP contribution in [0.4, 0.5) is 28.4 Å². The SMILES string of the molecule is Cc1noc(/C=C/c2ccccc2)c1N1C(=Nc2ccccc2)S[C@H]2C1=NN(c1ccc([N+](=O)[O-])cc1[N+](=O)[O-])[C@@H]2c1ccccc1. The molecule has 232 valence electrons. The number of anilines is 2. The van der Waals surface area contributed by atoms with E-state index in [4.69, 9.17) is 14.6 Å². The first kappa shape index (κ1) is 29.6. The molecule has 2 aliphatic heterocycles. The number of nitrogens with zero attached hydrogens (tertiary/aromatic N) is 7. The molecule has 0 saturated carbocycles. The molecule has 0 aliphatic carbocycles. The lowest BCUT2D eigenvalue weighted by Gasteiger charge is -2.26. The fraction of sp³-hybridized carbons (Fsp3) is 0.0882. The zero-order chi connectivity index (χ0) is 32.5. The van der Waals surface area contributed by atoms with Crippen molar-refractivity contribution in [2.24, 2.45) is 10.1 Å². The van der Waals surface area contributed by atoms with Crippen LogP contribution >= 0.6 is 11.8 Å². The van der Waals surface area contributed by atoms with E-state index in [0.29, 0.717) is 28.1 Å². The molecule has 1 aromatic heterocycles. The normalized spacial score (nSPS) is 18.1. The number of aromatic nitrogens is 1. The van der Waals surface area contributed by atoms with Gasteiger partial charge in [-0.25, -0.2) is 10.0 Å². The lowest BCUT2D eigenvalue weighted by molar-refractivity contribution is -0.393. The average Bonchev–Trinajstić information content (AvgIpc) is 3.75. The molecule has 7 rings (SSSR count). The Kier molecular flexibility index (Phi) is 7.80. The number of hydrazone groups is 1. The first-order chi connectivity index (χ1) is 22.9. The van der Waals surface area contributed by atoms with E-state index >= 15 is 0 Å². The number of non-ortho nitro benzene ring substituents is 1. The lowest BCUT2D eigenvalue weighted by Crippen LogP contribution is -2.32. The Morgan fingerprint density at radius 3 is 2.23 bits per heavy atom. The van der Waals surface area contributed by atoms with Crippen molar-refractivity contribution in [3.63, 3.8) is 0 Å². The predicted octanol–water partition coefficient (Wildman–Crippen LogP) is 8.15. The number of amidine groups is 2. The first-order valence-corrected chi connectivity index (χ1v) is 15.4. The van der Waals surface area contributed by atoms with Crippen molar-refractivity contribution in [1.82, 2.24) is 5.16 Å². The third kappa shape index (κ3) is 5.64.